The van der Waals surface area contributed by atoms with Crippen LogP contribution < -0.4 is 5.73 Å². The molecule has 0 amide bonds. The fraction of sp³-hybridized carbons (Fsp3) is 0.391. The highest BCUT2D eigenvalue weighted by molar-refractivity contribution is 5.87. The average molecular weight is 350 g/mol. The highest BCUT2D eigenvalue weighted by atomic mass is 14.8. The predicted octanol–water partition coefficient (Wildman–Crippen LogP) is 5.93. The van der Waals surface area contributed by atoms with Gasteiger partial charge in [-0.15, -0.1) is 0 Å². The molecule has 0 aliphatic carbocycles. The Balaban J connectivity index is 0.00000117. The van der Waals surface area contributed by atoms with Gasteiger partial charge in [-0.3, -0.25) is 9.97 Å². The van der Waals surface area contributed by atoms with Crippen molar-refractivity contribution in [3.05, 3.63) is 60.0 Å². The molecule has 2 aromatic heterocycles. The standard InChI is InChI=1S/C21H25N3.C2H6/c1-4-15-13-21(19(22)11-14(2)3)24-20-6-5-17(12-18(15)20)16-7-9-23-10-8-16;1-2/h5-10,12-14,19H,4,11,22H2,1-3H3;1-2H3. The Hall–Kier alpha value is -2.26. The van der Waals surface area contributed by atoms with E-state index in [0.717, 1.165) is 24.1 Å². The molecule has 0 radical (unpaired) electrons. The number of pyridine rings is 2. The zero-order valence-corrected chi connectivity index (χ0v) is 16.7. The molecule has 0 aliphatic heterocycles. The van der Waals surface area contributed by atoms with Gasteiger partial charge < -0.3 is 5.73 Å². The summed E-state index contributed by atoms with van der Waals surface area (Å²) in [6.07, 6.45) is 5.58. The van der Waals surface area contributed by atoms with Gasteiger partial charge in [-0.2, -0.15) is 0 Å². The van der Waals surface area contributed by atoms with Crippen molar-refractivity contribution < 1.29 is 0 Å². The van der Waals surface area contributed by atoms with E-state index < -0.39 is 0 Å². The first kappa shape index (κ1) is 20.1. The SMILES string of the molecule is CC.CCc1cc(C(N)CC(C)C)nc2ccc(-c3ccncc3)cc12. The predicted molar refractivity (Wildman–Crippen MR) is 112 cm³/mol. The molecule has 0 bridgehead atoms. The summed E-state index contributed by atoms with van der Waals surface area (Å²) in [5.74, 6) is 0.566. The molecule has 26 heavy (non-hydrogen) atoms. The van der Waals surface area contributed by atoms with Gasteiger partial charge >= 0.3 is 0 Å². The molecule has 1 aromatic carbocycles. The molecule has 1 atom stereocenters. The van der Waals surface area contributed by atoms with Crippen molar-refractivity contribution in [1.82, 2.24) is 9.97 Å². The van der Waals surface area contributed by atoms with E-state index in [1.54, 1.807) is 0 Å². The van der Waals surface area contributed by atoms with E-state index in [0.29, 0.717) is 5.92 Å². The van der Waals surface area contributed by atoms with Crippen LogP contribution in [0.2, 0.25) is 0 Å². The highest BCUT2D eigenvalue weighted by Gasteiger charge is 2.13. The maximum atomic E-state index is 6.36. The smallest absolute Gasteiger partial charge is 0.0709 e. The Morgan fingerprint density at radius 1 is 0.962 bits per heavy atom. The molecule has 138 valence electrons. The van der Waals surface area contributed by atoms with Crippen LogP contribution in [0.15, 0.2) is 48.8 Å². The molecule has 0 fully saturated rings. The number of nitrogens with zero attached hydrogens (tertiary/aromatic N) is 2. The van der Waals surface area contributed by atoms with Crippen LogP contribution in [-0.2, 0) is 6.42 Å². The lowest BCUT2D eigenvalue weighted by molar-refractivity contribution is 0.503. The normalized spacial score (nSPS) is 12.0. The summed E-state index contributed by atoms with van der Waals surface area (Å²) in [5, 5.41) is 1.22. The van der Waals surface area contributed by atoms with Crippen LogP contribution in [0.3, 0.4) is 0 Å². The molecule has 2 heterocycles. The molecular weight excluding hydrogens is 318 g/mol. The summed E-state index contributed by atoms with van der Waals surface area (Å²) in [6.45, 7) is 10.6. The van der Waals surface area contributed by atoms with Gasteiger partial charge in [0, 0.05) is 23.8 Å². The van der Waals surface area contributed by atoms with Crippen molar-refractivity contribution in [2.75, 3.05) is 0 Å². The number of hydrogen-bond donors (Lipinski definition) is 1. The fourth-order valence-electron chi connectivity index (χ4n) is 3.15. The van der Waals surface area contributed by atoms with Gasteiger partial charge in [0.15, 0.2) is 0 Å². The molecule has 3 heteroatoms. The Morgan fingerprint density at radius 2 is 1.65 bits per heavy atom. The number of benzene rings is 1. The third-order valence-electron chi connectivity index (χ3n) is 4.41. The Labute approximate surface area is 157 Å². The van der Waals surface area contributed by atoms with E-state index in [1.165, 1.54) is 22.1 Å². The van der Waals surface area contributed by atoms with Crippen LogP contribution in [-0.4, -0.2) is 9.97 Å². The lowest BCUT2D eigenvalue weighted by atomic mass is 9.96. The van der Waals surface area contributed by atoms with Crippen LogP contribution in [0.25, 0.3) is 22.0 Å². The minimum absolute atomic E-state index is 0.000394. The second-order valence-electron chi connectivity index (χ2n) is 6.76. The molecule has 0 aliphatic rings. The van der Waals surface area contributed by atoms with Crippen LogP contribution in [0.4, 0.5) is 0 Å². The summed E-state index contributed by atoms with van der Waals surface area (Å²) in [6, 6.07) is 12.7. The second kappa shape index (κ2) is 9.44. The third kappa shape index (κ3) is 4.67. The van der Waals surface area contributed by atoms with E-state index in [2.05, 4.69) is 50.0 Å². The van der Waals surface area contributed by atoms with Crippen LogP contribution >= 0.6 is 0 Å². The van der Waals surface area contributed by atoms with Crippen molar-refractivity contribution in [3.8, 4) is 11.1 Å². The molecule has 3 nitrogen and oxygen atoms in total. The average Bonchev–Trinajstić information content (AvgIpc) is 2.68. The number of hydrogen-bond acceptors (Lipinski definition) is 3. The summed E-state index contributed by atoms with van der Waals surface area (Å²) >= 11 is 0. The third-order valence-corrected chi connectivity index (χ3v) is 4.41. The van der Waals surface area contributed by atoms with Crippen molar-refractivity contribution >= 4 is 10.9 Å². The number of rotatable bonds is 5. The fourth-order valence-corrected chi connectivity index (χ4v) is 3.15. The largest absolute Gasteiger partial charge is 0.323 e. The summed E-state index contributed by atoms with van der Waals surface area (Å²) < 4.78 is 0. The Morgan fingerprint density at radius 3 is 2.27 bits per heavy atom. The minimum atomic E-state index is -0.000394. The molecule has 1 unspecified atom stereocenters. The highest BCUT2D eigenvalue weighted by Crippen LogP contribution is 2.28. The zero-order chi connectivity index (χ0) is 19.1. The maximum absolute atomic E-state index is 6.36. The van der Waals surface area contributed by atoms with Crippen LogP contribution in [0.1, 0.15) is 58.3 Å². The van der Waals surface area contributed by atoms with Crippen LogP contribution in [0, 0.1) is 5.92 Å². The molecule has 2 N–H and O–H groups in total. The lowest BCUT2D eigenvalue weighted by Gasteiger charge is -2.16. The summed E-state index contributed by atoms with van der Waals surface area (Å²) in [7, 11) is 0. The van der Waals surface area contributed by atoms with Gasteiger partial charge in [-0.05, 0) is 65.8 Å². The van der Waals surface area contributed by atoms with Crippen molar-refractivity contribution in [2.45, 2.75) is 53.5 Å². The topological polar surface area (TPSA) is 51.8 Å². The first-order valence-corrected chi connectivity index (χ1v) is 9.68. The number of nitrogens with two attached hydrogens (primary N) is 1. The van der Waals surface area contributed by atoms with E-state index in [4.69, 9.17) is 10.7 Å². The number of aryl methyl sites for hydroxylation is 1. The molecule has 0 saturated heterocycles. The van der Waals surface area contributed by atoms with E-state index in [1.807, 2.05) is 38.4 Å². The molecule has 0 spiro atoms. The van der Waals surface area contributed by atoms with Gasteiger partial charge in [0.2, 0.25) is 0 Å². The van der Waals surface area contributed by atoms with Gasteiger partial charge in [0.25, 0.3) is 0 Å². The zero-order valence-electron chi connectivity index (χ0n) is 16.7. The number of fused-ring (bicyclic) bond motifs is 1. The van der Waals surface area contributed by atoms with Crippen molar-refractivity contribution in [1.29, 1.82) is 0 Å². The number of aromatic nitrogens is 2. The van der Waals surface area contributed by atoms with Crippen LogP contribution in [0.5, 0.6) is 0 Å². The quantitative estimate of drug-likeness (QED) is 0.621. The molecular formula is C23H31N3. The summed E-state index contributed by atoms with van der Waals surface area (Å²) in [5.41, 5.74) is 12.1. The van der Waals surface area contributed by atoms with Gasteiger partial charge in [-0.1, -0.05) is 40.7 Å². The minimum Gasteiger partial charge on any atom is -0.323 e. The lowest BCUT2D eigenvalue weighted by Crippen LogP contribution is -2.15. The van der Waals surface area contributed by atoms with Gasteiger partial charge in [0.1, 0.15) is 0 Å². The first-order valence-electron chi connectivity index (χ1n) is 9.68. The van der Waals surface area contributed by atoms with Gasteiger partial charge in [0.05, 0.1) is 11.2 Å². The first-order chi connectivity index (χ1) is 12.6. The van der Waals surface area contributed by atoms with Crippen molar-refractivity contribution in [2.24, 2.45) is 11.7 Å². The Kier molecular flexibility index (Phi) is 7.28. The van der Waals surface area contributed by atoms with Gasteiger partial charge in [-0.25, -0.2) is 0 Å². The maximum Gasteiger partial charge on any atom is 0.0709 e. The van der Waals surface area contributed by atoms with E-state index in [-0.39, 0.29) is 6.04 Å². The second-order valence-corrected chi connectivity index (χ2v) is 6.76. The molecule has 0 saturated carbocycles. The molecule has 3 aromatic rings. The molecule has 3 rings (SSSR count). The van der Waals surface area contributed by atoms with E-state index >= 15 is 0 Å². The summed E-state index contributed by atoms with van der Waals surface area (Å²) in [4.78, 5) is 8.93. The monoisotopic (exact) mass is 349 g/mol. The Bertz CT molecular complexity index is 825. The van der Waals surface area contributed by atoms with Crippen molar-refractivity contribution in [3.63, 3.8) is 0 Å². The van der Waals surface area contributed by atoms with E-state index in [9.17, 15) is 0 Å².